The van der Waals surface area contributed by atoms with E-state index in [4.69, 9.17) is 9.52 Å². The fourth-order valence-electron chi connectivity index (χ4n) is 3.24. The molecule has 4 aromatic rings. The second kappa shape index (κ2) is 8.90. The lowest BCUT2D eigenvalue weighted by Crippen LogP contribution is -2.42. The van der Waals surface area contributed by atoms with Crippen LogP contribution in [0.4, 0.5) is 17.6 Å². The molecule has 0 unspecified atom stereocenters. The molecule has 0 fully saturated rings. The van der Waals surface area contributed by atoms with Gasteiger partial charge in [0.05, 0.1) is 4.88 Å². The third kappa shape index (κ3) is 4.67. The number of aromatic nitrogens is 1. The zero-order valence-corrected chi connectivity index (χ0v) is 18.2. The number of halogens is 4. The second-order valence-corrected chi connectivity index (χ2v) is 9.42. The van der Waals surface area contributed by atoms with Gasteiger partial charge in [0.1, 0.15) is 11.4 Å². The molecule has 0 radical (unpaired) electrons. The molecule has 0 aliphatic rings. The molecule has 0 saturated carbocycles. The van der Waals surface area contributed by atoms with E-state index in [-0.39, 0.29) is 9.92 Å². The molecule has 0 saturated heterocycles. The molecule has 11 heteroatoms. The van der Waals surface area contributed by atoms with Crippen LogP contribution in [0.25, 0.3) is 22.1 Å². The number of alkyl halides is 3. The van der Waals surface area contributed by atoms with Gasteiger partial charge in [-0.05, 0) is 41.5 Å². The number of aliphatic hydroxyl groups is 2. The van der Waals surface area contributed by atoms with Crippen LogP contribution in [0.15, 0.2) is 73.2 Å². The Morgan fingerprint density at radius 1 is 1.09 bits per heavy atom. The standard InChI is InChI=1S/C22H15F4NO4S2/c23-13-3-1-12(2-4-13)16-10-19(29)31-17-9-14(5-6-15(16)17)32-20-27-11-18(33-20)21(30,7-8-28)22(24,25)26/h1-6,9-11,28,30H,7-8H2/t21-/m1/s1. The van der Waals surface area contributed by atoms with E-state index in [0.717, 1.165) is 18.0 Å². The highest BCUT2D eigenvalue weighted by molar-refractivity contribution is 8.01. The smallest absolute Gasteiger partial charge is 0.422 e. The first-order valence-electron chi connectivity index (χ1n) is 9.49. The second-order valence-electron chi connectivity index (χ2n) is 7.07. The third-order valence-corrected chi connectivity index (χ3v) is 7.12. The van der Waals surface area contributed by atoms with Crippen LogP contribution in [0.3, 0.4) is 0 Å². The topological polar surface area (TPSA) is 83.6 Å². The summed E-state index contributed by atoms with van der Waals surface area (Å²) in [6, 6.07) is 11.9. The number of benzene rings is 2. The maximum Gasteiger partial charge on any atom is 0.422 e. The van der Waals surface area contributed by atoms with E-state index in [1.807, 2.05) is 0 Å². The van der Waals surface area contributed by atoms with Crippen LogP contribution >= 0.6 is 23.1 Å². The van der Waals surface area contributed by atoms with Crippen LogP contribution < -0.4 is 5.63 Å². The number of fused-ring (bicyclic) bond motifs is 1. The predicted octanol–water partition coefficient (Wildman–Crippen LogP) is 5.34. The maximum absolute atomic E-state index is 13.4. The van der Waals surface area contributed by atoms with E-state index in [1.165, 1.54) is 30.3 Å². The van der Waals surface area contributed by atoms with Crippen molar-refractivity contribution in [1.82, 2.24) is 4.98 Å². The quantitative estimate of drug-likeness (QED) is 0.276. The molecule has 33 heavy (non-hydrogen) atoms. The number of rotatable bonds is 6. The number of nitrogens with zero attached hydrogens (tertiary/aromatic N) is 1. The Morgan fingerprint density at radius 2 is 1.82 bits per heavy atom. The molecule has 0 aliphatic heterocycles. The van der Waals surface area contributed by atoms with Crippen molar-refractivity contribution < 1.29 is 32.2 Å². The van der Waals surface area contributed by atoms with Crippen LogP contribution in [0.2, 0.25) is 0 Å². The third-order valence-electron chi connectivity index (χ3n) is 4.91. The van der Waals surface area contributed by atoms with Crippen LogP contribution in [-0.4, -0.2) is 28.0 Å². The Hall–Kier alpha value is -2.73. The van der Waals surface area contributed by atoms with E-state index in [9.17, 15) is 27.5 Å². The van der Waals surface area contributed by atoms with Gasteiger partial charge in [-0.2, -0.15) is 13.2 Å². The molecule has 5 nitrogen and oxygen atoms in total. The minimum atomic E-state index is -4.98. The van der Waals surface area contributed by atoms with Gasteiger partial charge in [0.2, 0.25) is 0 Å². The molecule has 4 rings (SSSR count). The number of hydrogen-bond acceptors (Lipinski definition) is 7. The van der Waals surface area contributed by atoms with E-state index in [2.05, 4.69) is 4.98 Å². The lowest BCUT2D eigenvalue weighted by atomic mass is 9.98. The SMILES string of the molecule is O=c1cc(-c2ccc(F)cc2)c2ccc(Sc3ncc([C@](O)(CCO)C(F)(F)F)s3)cc2o1. The highest BCUT2D eigenvalue weighted by Gasteiger charge is 2.55. The summed E-state index contributed by atoms with van der Waals surface area (Å²) < 4.78 is 58.9. The van der Waals surface area contributed by atoms with E-state index >= 15 is 0 Å². The van der Waals surface area contributed by atoms with Crippen molar-refractivity contribution in [3.8, 4) is 11.1 Å². The monoisotopic (exact) mass is 497 g/mol. The molecule has 2 aromatic heterocycles. The molecular formula is C22H15F4NO4S2. The van der Waals surface area contributed by atoms with Crippen molar-refractivity contribution in [2.75, 3.05) is 6.61 Å². The molecule has 2 aromatic carbocycles. The highest BCUT2D eigenvalue weighted by atomic mass is 32.2. The zero-order chi connectivity index (χ0) is 23.8. The van der Waals surface area contributed by atoms with Gasteiger partial charge in [-0.1, -0.05) is 23.9 Å². The van der Waals surface area contributed by atoms with Gasteiger partial charge in [-0.15, -0.1) is 11.3 Å². The van der Waals surface area contributed by atoms with Gasteiger partial charge in [-0.25, -0.2) is 14.2 Å². The highest BCUT2D eigenvalue weighted by Crippen LogP contribution is 2.45. The fraction of sp³-hybridized carbons (Fsp3) is 0.182. The summed E-state index contributed by atoms with van der Waals surface area (Å²) in [7, 11) is 0. The maximum atomic E-state index is 13.4. The summed E-state index contributed by atoms with van der Waals surface area (Å²) in [6.07, 6.45) is -4.95. The first-order valence-corrected chi connectivity index (χ1v) is 11.1. The van der Waals surface area contributed by atoms with Crippen molar-refractivity contribution >= 4 is 34.1 Å². The van der Waals surface area contributed by atoms with Gasteiger partial charge in [0.25, 0.3) is 0 Å². The molecule has 2 N–H and O–H groups in total. The Bertz CT molecular complexity index is 1350. The van der Waals surface area contributed by atoms with E-state index in [0.29, 0.717) is 32.7 Å². The molecule has 0 aliphatic carbocycles. The van der Waals surface area contributed by atoms with Crippen molar-refractivity contribution in [2.45, 2.75) is 27.4 Å². The molecule has 2 heterocycles. The number of hydrogen-bond donors (Lipinski definition) is 2. The van der Waals surface area contributed by atoms with E-state index < -0.39 is 41.1 Å². The van der Waals surface area contributed by atoms with Gasteiger partial charge >= 0.3 is 11.8 Å². The first kappa shape index (κ1) is 23.4. The molecule has 0 bridgehead atoms. The lowest BCUT2D eigenvalue weighted by Gasteiger charge is -2.28. The van der Waals surface area contributed by atoms with Gasteiger partial charge in [-0.3, -0.25) is 0 Å². The Labute approximate surface area is 192 Å². The van der Waals surface area contributed by atoms with Gasteiger partial charge in [0, 0.05) is 35.6 Å². The predicted molar refractivity (Wildman–Crippen MR) is 116 cm³/mol. The Kier molecular flexibility index (Phi) is 6.32. The van der Waals surface area contributed by atoms with Crippen molar-refractivity contribution in [3.05, 3.63) is 75.8 Å². The molecule has 172 valence electrons. The molecular weight excluding hydrogens is 482 g/mol. The summed E-state index contributed by atoms with van der Waals surface area (Å²) in [5, 5.41) is 19.7. The average Bonchev–Trinajstić information content (AvgIpc) is 3.22. The number of aliphatic hydroxyl groups excluding tert-OH is 1. The minimum absolute atomic E-state index is 0.224. The summed E-state index contributed by atoms with van der Waals surface area (Å²) in [5.74, 6) is -0.413. The first-order chi connectivity index (χ1) is 15.6. The van der Waals surface area contributed by atoms with Crippen LogP contribution in [-0.2, 0) is 5.60 Å². The van der Waals surface area contributed by atoms with Crippen molar-refractivity contribution in [1.29, 1.82) is 0 Å². The summed E-state index contributed by atoms with van der Waals surface area (Å²) in [4.78, 5) is 16.1. The van der Waals surface area contributed by atoms with Gasteiger partial charge < -0.3 is 14.6 Å². The Balaban J connectivity index is 1.67. The van der Waals surface area contributed by atoms with Crippen LogP contribution in [0, 0.1) is 5.82 Å². The zero-order valence-electron chi connectivity index (χ0n) is 16.6. The van der Waals surface area contributed by atoms with Gasteiger partial charge in [0.15, 0.2) is 9.94 Å². The molecule has 0 amide bonds. The molecule has 1 atom stereocenters. The average molecular weight is 497 g/mol. The van der Waals surface area contributed by atoms with Crippen molar-refractivity contribution in [3.63, 3.8) is 0 Å². The Morgan fingerprint density at radius 3 is 2.48 bits per heavy atom. The summed E-state index contributed by atoms with van der Waals surface area (Å²) >= 11 is 1.69. The van der Waals surface area contributed by atoms with Crippen LogP contribution in [0.1, 0.15) is 11.3 Å². The van der Waals surface area contributed by atoms with Crippen LogP contribution in [0.5, 0.6) is 0 Å². The lowest BCUT2D eigenvalue weighted by molar-refractivity contribution is -0.269. The largest absolute Gasteiger partial charge is 0.423 e. The fourth-order valence-corrected chi connectivity index (χ4v) is 5.36. The van der Waals surface area contributed by atoms with Crippen molar-refractivity contribution in [2.24, 2.45) is 0 Å². The normalized spacial score (nSPS) is 13.9. The number of thiazole rings is 1. The van der Waals surface area contributed by atoms with E-state index in [1.54, 1.807) is 18.2 Å². The minimum Gasteiger partial charge on any atom is -0.423 e. The summed E-state index contributed by atoms with van der Waals surface area (Å²) in [6.45, 7) is -0.851. The summed E-state index contributed by atoms with van der Waals surface area (Å²) in [5.41, 5.74) is -2.39. The molecule has 0 spiro atoms.